The van der Waals surface area contributed by atoms with Crippen molar-refractivity contribution >= 4 is 16.8 Å². The van der Waals surface area contributed by atoms with Crippen molar-refractivity contribution in [1.29, 1.82) is 0 Å². The molecule has 3 rings (SSSR count). The van der Waals surface area contributed by atoms with Crippen LogP contribution in [-0.4, -0.2) is 22.6 Å². The Bertz CT molecular complexity index is 749. The Kier molecular flexibility index (Phi) is 3.69. The van der Waals surface area contributed by atoms with E-state index in [4.69, 9.17) is 0 Å². The summed E-state index contributed by atoms with van der Waals surface area (Å²) in [4.78, 5) is 12.3. The Balaban J connectivity index is 1.71. The molecule has 0 spiro atoms. The van der Waals surface area contributed by atoms with E-state index in [-0.39, 0.29) is 11.8 Å². The van der Waals surface area contributed by atoms with Gasteiger partial charge in [0.2, 0.25) is 0 Å². The zero-order valence-corrected chi connectivity index (χ0v) is 11.8. The van der Waals surface area contributed by atoms with Crippen molar-refractivity contribution in [3.63, 3.8) is 0 Å². The molecule has 0 aliphatic rings. The fraction of sp³-hybridized carbons (Fsp3) is 0.176. The molecule has 1 atom stereocenters. The molecule has 0 saturated heterocycles. The number of hydrogen-bond acceptors (Lipinski definition) is 2. The first-order valence-corrected chi connectivity index (χ1v) is 7.01. The highest BCUT2D eigenvalue weighted by atomic mass is 16.1. The lowest BCUT2D eigenvalue weighted by molar-refractivity contribution is 0.0953. The second-order valence-electron chi connectivity index (χ2n) is 5.16. The summed E-state index contributed by atoms with van der Waals surface area (Å²) in [6.45, 7) is 2.71. The van der Waals surface area contributed by atoms with E-state index in [1.807, 2.05) is 36.4 Å². The minimum Gasteiger partial charge on any atom is -0.351 e. The van der Waals surface area contributed by atoms with Crippen LogP contribution in [0.3, 0.4) is 0 Å². The number of hydrogen-bond donors (Lipinski definition) is 2. The highest BCUT2D eigenvalue weighted by Gasteiger charge is 2.12. The van der Waals surface area contributed by atoms with Crippen LogP contribution in [-0.2, 0) is 0 Å². The Morgan fingerprint density at radius 1 is 1.19 bits per heavy atom. The Morgan fingerprint density at radius 3 is 2.81 bits per heavy atom. The number of nitrogens with zero attached hydrogens (tertiary/aromatic N) is 1. The minimum absolute atomic E-state index is 0.0763. The number of nitrogens with one attached hydrogen (secondary N) is 2. The standard InChI is InChI=1S/C17H17N3O/c1-12(13-6-3-2-4-7-13)10-18-17(21)15-9-5-8-14-11-19-20-16(14)15/h2-9,11-12H,10H2,1H3,(H,18,21)(H,19,20)/t12-/m1/s1. The third kappa shape index (κ3) is 2.79. The van der Waals surface area contributed by atoms with Gasteiger partial charge in [-0.25, -0.2) is 0 Å². The van der Waals surface area contributed by atoms with Crippen LogP contribution in [0.25, 0.3) is 10.9 Å². The number of rotatable bonds is 4. The van der Waals surface area contributed by atoms with Crippen LogP contribution < -0.4 is 5.32 Å². The number of carbonyl (C=O) groups is 1. The molecule has 3 aromatic rings. The summed E-state index contributed by atoms with van der Waals surface area (Å²) >= 11 is 0. The Morgan fingerprint density at radius 2 is 2.00 bits per heavy atom. The maximum atomic E-state index is 12.3. The lowest BCUT2D eigenvalue weighted by Gasteiger charge is -2.13. The molecule has 0 bridgehead atoms. The van der Waals surface area contributed by atoms with Crippen LogP contribution in [0, 0.1) is 0 Å². The van der Waals surface area contributed by atoms with E-state index >= 15 is 0 Å². The molecule has 4 heteroatoms. The summed E-state index contributed by atoms with van der Waals surface area (Å²) in [5, 5.41) is 10.8. The van der Waals surface area contributed by atoms with Crippen molar-refractivity contribution in [3.8, 4) is 0 Å². The molecule has 0 saturated carbocycles. The molecule has 2 N–H and O–H groups in total. The third-order valence-corrected chi connectivity index (χ3v) is 3.66. The number of H-pyrrole nitrogens is 1. The molecule has 21 heavy (non-hydrogen) atoms. The lowest BCUT2D eigenvalue weighted by Crippen LogP contribution is -2.27. The molecule has 0 fully saturated rings. The van der Waals surface area contributed by atoms with E-state index in [1.165, 1.54) is 5.56 Å². The van der Waals surface area contributed by atoms with Crippen molar-refractivity contribution in [2.75, 3.05) is 6.54 Å². The SMILES string of the molecule is C[C@H](CNC(=O)c1cccc2cn[nH]c12)c1ccccc1. The monoisotopic (exact) mass is 279 g/mol. The van der Waals surface area contributed by atoms with Crippen LogP contribution in [0.15, 0.2) is 54.7 Å². The molecular weight excluding hydrogens is 262 g/mol. The van der Waals surface area contributed by atoms with Crippen molar-refractivity contribution in [3.05, 3.63) is 65.9 Å². The number of para-hydroxylation sites is 1. The highest BCUT2D eigenvalue weighted by molar-refractivity contribution is 6.05. The van der Waals surface area contributed by atoms with E-state index in [9.17, 15) is 4.79 Å². The maximum absolute atomic E-state index is 12.3. The number of amides is 1. The number of fused-ring (bicyclic) bond motifs is 1. The first kappa shape index (κ1) is 13.4. The van der Waals surface area contributed by atoms with E-state index < -0.39 is 0 Å². The van der Waals surface area contributed by atoms with Crippen molar-refractivity contribution in [2.45, 2.75) is 12.8 Å². The Hall–Kier alpha value is -2.62. The average Bonchev–Trinajstić information content (AvgIpc) is 3.01. The average molecular weight is 279 g/mol. The molecule has 1 aromatic heterocycles. The maximum Gasteiger partial charge on any atom is 0.253 e. The number of aromatic amines is 1. The fourth-order valence-corrected chi connectivity index (χ4v) is 2.40. The predicted molar refractivity (Wildman–Crippen MR) is 83.3 cm³/mol. The minimum atomic E-state index is -0.0763. The van der Waals surface area contributed by atoms with Crippen molar-refractivity contribution in [1.82, 2.24) is 15.5 Å². The molecule has 1 amide bonds. The van der Waals surface area contributed by atoms with Gasteiger partial charge in [-0.2, -0.15) is 5.10 Å². The third-order valence-electron chi connectivity index (χ3n) is 3.66. The van der Waals surface area contributed by atoms with Crippen LogP contribution in [0.2, 0.25) is 0 Å². The summed E-state index contributed by atoms with van der Waals surface area (Å²) in [7, 11) is 0. The van der Waals surface area contributed by atoms with Gasteiger partial charge < -0.3 is 5.32 Å². The van der Waals surface area contributed by atoms with Crippen LogP contribution >= 0.6 is 0 Å². The smallest absolute Gasteiger partial charge is 0.253 e. The van der Waals surface area contributed by atoms with Crippen molar-refractivity contribution < 1.29 is 4.79 Å². The van der Waals surface area contributed by atoms with Gasteiger partial charge in [-0.15, -0.1) is 0 Å². The lowest BCUT2D eigenvalue weighted by atomic mass is 10.0. The van der Waals surface area contributed by atoms with Crippen LogP contribution in [0.5, 0.6) is 0 Å². The van der Waals surface area contributed by atoms with E-state index in [2.05, 4.69) is 34.6 Å². The highest BCUT2D eigenvalue weighted by Crippen LogP contribution is 2.16. The Labute approximate surface area is 123 Å². The zero-order chi connectivity index (χ0) is 14.7. The summed E-state index contributed by atoms with van der Waals surface area (Å²) in [6, 6.07) is 15.8. The number of carbonyl (C=O) groups excluding carboxylic acids is 1. The molecule has 4 nitrogen and oxygen atoms in total. The molecule has 2 aromatic carbocycles. The molecule has 0 aliphatic carbocycles. The largest absolute Gasteiger partial charge is 0.351 e. The topological polar surface area (TPSA) is 57.8 Å². The van der Waals surface area contributed by atoms with Gasteiger partial charge in [0.25, 0.3) is 5.91 Å². The van der Waals surface area contributed by atoms with E-state index in [0.29, 0.717) is 12.1 Å². The van der Waals surface area contributed by atoms with Gasteiger partial charge in [-0.1, -0.05) is 49.4 Å². The van der Waals surface area contributed by atoms with Gasteiger partial charge in [0.05, 0.1) is 17.3 Å². The van der Waals surface area contributed by atoms with Gasteiger partial charge in [-0.05, 0) is 17.5 Å². The summed E-state index contributed by atoms with van der Waals surface area (Å²) in [5.74, 6) is 0.198. The van der Waals surface area contributed by atoms with Gasteiger partial charge in [-0.3, -0.25) is 9.89 Å². The number of aromatic nitrogens is 2. The van der Waals surface area contributed by atoms with E-state index in [0.717, 1.165) is 10.9 Å². The van der Waals surface area contributed by atoms with Crippen LogP contribution in [0.1, 0.15) is 28.8 Å². The second-order valence-corrected chi connectivity index (χ2v) is 5.16. The summed E-state index contributed by atoms with van der Waals surface area (Å²) in [5.41, 5.74) is 2.63. The summed E-state index contributed by atoms with van der Waals surface area (Å²) in [6.07, 6.45) is 1.72. The fourth-order valence-electron chi connectivity index (χ4n) is 2.40. The van der Waals surface area contributed by atoms with Crippen molar-refractivity contribution in [2.24, 2.45) is 0 Å². The van der Waals surface area contributed by atoms with Crippen LogP contribution in [0.4, 0.5) is 0 Å². The second kappa shape index (κ2) is 5.79. The van der Waals surface area contributed by atoms with Gasteiger partial charge >= 0.3 is 0 Å². The number of benzene rings is 2. The first-order chi connectivity index (χ1) is 10.3. The molecule has 0 unspecified atom stereocenters. The van der Waals surface area contributed by atoms with Gasteiger partial charge in [0, 0.05) is 11.9 Å². The predicted octanol–water partition coefficient (Wildman–Crippen LogP) is 3.10. The van der Waals surface area contributed by atoms with Gasteiger partial charge in [0.1, 0.15) is 0 Å². The zero-order valence-electron chi connectivity index (χ0n) is 11.8. The normalized spacial score (nSPS) is 12.2. The summed E-state index contributed by atoms with van der Waals surface area (Å²) < 4.78 is 0. The molecule has 1 heterocycles. The molecule has 0 aliphatic heterocycles. The van der Waals surface area contributed by atoms with E-state index in [1.54, 1.807) is 6.20 Å². The quantitative estimate of drug-likeness (QED) is 0.771. The molecule has 0 radical (unpaired) electrons. The first-order valence-electron chi connectivity index (χ1n) is 7.01. The molecule has 106 valence electrons. The molecular formula is C17H17N3O. The van der Waals surface area contributed by atoms with Gasteiger partial charge in [0.15, 0.2) is 0 Å².